The summed E-state index contributed by atoms with van der Waals surface area (Å²) in [7, 11) is 1.81. The first-order chi connectivity index (χ1) is 23.4. The zero-order valence-electron chi connectivity index (χ0n) is 27.9. The first-order valence-electron chi connectivity index (χ1n) is 16.8. The van der Waals surface area contributed by atoms with Gasteiger partial charge < -0.3 is 10.4 Å². The Morgan fingerprint density at radius 3 is 2.63 bits per heavy atom. The Balaban J connectivity index is 1.01. The average molecular weight is 667 g/mol. The number of rotatable bonds is 7. The molecule has 10 nitrogen and oxygen atoms in total. The maximum atomic E-state index is 15.7. The van der Waals surface area contributed by atoms with Crippen LogP contribution in [-0.4, -0.2) is 66.0 Å². The van der Waals surface area contributed by atoms with E-state index in [0.717, 1.165) is 42.0 Å². The van der Waals surface area contributed by atoms with Gasteiger partial charge >= 0.3 is 0 Å². The Labute approximate surface area is 283 Å². The highest BCUT2D eigenvalue weighted by molar-refractivity contribution is 6.05. The minimum atomic E-state index is -2.83. The number of piperidine rings is 1. The molecule has 49 heavy (non-hydrogen) atoms. The Kier molecular flexibility index (Phi) is 8.45. The summed E-state index contributed by atoms with van der Waals surface area (Å²) in [6.07, 6.45) is 10.5. The molecule has 4 heterocycles. The summed E-state index contributed by atoms with van der Waals surface area (Å²) in [5, 5.41) is 33.9. The molecule has 2 N–H and O–H groups in total. The summed E-state index contributed by atoms with van der Waals surface area (Å²) in [6, 6.07) is 12.8. The quantitative estimate of drug-likeness (QED) is 0.203. The number of fused-ring (bicyclic) bond motifs is 2. The van der Waals surface area contributed by atoms with Crippen LogP contribution in [0.15, 0.2) is 61.2 Å². The van der Waals surface area contributed by atoms with Gasteiger partial charge in [-0.2, -0.15) is 15.5 Å². The zero-order valence-corrected chi connectivity index (χ0v) is 27.9. The third-order valence-corrected chi connectivity index (χ3v) is 10.3. The van der Waals surface area contributed by atoms with Crippen LogP contribution >= 0.6 is 0 Å². The van der Waals surface area contributed by atoms with E-state index in [1.54, 1.807) is 30.8 Å². The Hall–Kier alpha value is -4.73. The Morgan fingerprint density at radius 2 is 1.90 bits per heavy atom. The number of likely N-dealkylation sites (tertiary alicyclic amines) is 1. The van der Waals surface area contributed by atoms with Gasteiger partial charge in [0.15, 0.2) is 0 Å². The number of anilines is 1. The number of nitrogens with zero attached hydrogens (tertiary/aromatic N) is 7. The van der Waals surface area contributed by atoms with E-state index >= 15 is 8.78 Å². The van der Waals surface area contributed by atoms with Crippen molar-refractivity contribution in [2.75, 3.05) is 25.0 Å². The summed E-state index contributed by atoms with van der Waals surface area (Å²) in [5.41, 5.74) is 2.41. The number of carbonyl (C=O) groups is 1. The number of amides is 1. The lowest BCUT2D eigenvalue weighted by Crippen LogP contribution is -2.49. The fraction of sp³-hybridized carbons (Fsp3) is 0.432. The molecule has 0 bridgehead atoms. The van der Waals surface area contributed by atoms with Crippen molar-refractivity contribution in [2.24, 2.45) is 13.0 Å². The first kappa shape index (κ1) is 32.8. The van der Waals surface area contributed by atoms with E-state index in [-0.39, 0.29) is 23.7 Å². The van der Waals surface area contributed by atoms with Crippen LogP contribution in [0.25, 0.3) is 21.8 Å². The molecule has 254 valence electrons. The number of nitrogens with one attached hydrogen (secondary N) is 1. The molecule has 3 aromatic heterocycles. The maximum Gasteiger partial charge on any atom is 0.267 e. The van der Waals surface area contributed by atoms with Crippen molar-refractivity contribution in [3.63, 3.8) is 0 Å². The van der Waals surface area contributed by atoms with Crippen molar-refractivity contribution in [1.29, 1.82) is 5.26 Å². The number of aliphatic hydroxyl groups is 1. The van der Waals surface area contributed by atoms with Gasteiger partial charge in [-0.3, -0.25) is 24.0 Å². The molecule has 2 aliphatic rings. The number of hydrogen-bond acceptors (Lipinski definition) is 7. The lowest BCUT2D eigenvalue weighted by Gasteiger charge is -2.41. The number of benzene rings is 2. The van der Waals surface area contributed by atoms with Crippen molar-refractivity contribution in [1.82, 2.24) is 29.4 Å². The predicted octanol–water partition coefficient (Wildman–Crippen LogP) is 6.53. The average Bonchev–Trinajstić information content (AvgIpc) is 3.67. The van der Waals surface area contributed by atoms with Gasteiger partial charge in [-0.1, -0.05) is 18.2 Å². The molecule has 7 rings (SSSR count). The molecule has 0 radical (unpaired) electrons. The molecule has 12 heteroatoms. The number of pyridine rings is 1. The number of carbonyl (C=O) groups excluding carboxylic acids is 1. The van der Waals surface area contributed by atoms with Gasteiger partial charge in [-0.05, 0) is 82.2 Å². The lowest BCUT2D eigenvalue weighted by molar-refractivity contribution is -0.0862. The van der Waals surface area contributed by atoms with Crippen LogP contribution in [0.4, 0.5) is 14.5 Å². The van der Waals surface area contributed by atoms with E-state index in [0.29, 0.717) is 47.8 Å². The van der Waals surface area contributed by atoms with Gasteiger partial charge in [0.1, 0.15) is 6.07 Å². The molecule has 1 aliphatic heterocycles. The standard InChI is InChI=1S/C37H40F2N8O2/c1-36(2,49)31-15-32-27(14-33(31)43-35(48)26-13-24(16-40)17-41-18-26)21-47(44-32)28-9-7-23(8-10-28)20-46-12-11-30(37(38,39)22-46)29-6-4-5-25-19-42-45(3)34(25)29/h4-6,13-15,17-19,21,23,28,30,49H,7-12,20,22H2,1-3H3,(H,43,48). The second-order valence-corrected chi connectivity index (χ2v) is 14.2. The van der Waals surface area contributed by atoms with E-state index < -0.39 is 23.3 Å². The predicted molar refractivity (Wildman–Crippen MR) is 182 cm³/mol. The smallest absolute Gasteiger partial charge is 0.267 e. The Morgan fingerprint density at radius 1 is 1.10 bits per heavy atom. The van der Waals surface area contributed by atoms with Crippen LogP contribution in [0.2, 0.25) is 0 Å². The Bertz CT molecular complexity index is 2070. The van der Waals surface area contributed by atoms with E-state index in [1.165, 1.54) is 18.5 Å². The van der Waals surface area contributed by atoms with Crippen LogP contribution in [0.1, 0.15) is 85.0 Å². The number of para-hydroxylation sites is 1. The summed E-state index contributed by atoms with van der Waals surface area (Å²) >= 11 is 0. The maximum absolute atomic E-state index is 15.7. The normalized spacial score (nSPS) is 21.5. The van der Waals surface area contributed by atoms with E-state index in [4.69, 9.17) is 5.10 Å². The molecule has 1 saturated carbocycles. The van der Waals surface area contributed by atoms with Crippen molar-refractivity contribution >= 4 is 33.4 Å². The van der Waals surface area contributed by atoms with Gasteiger partial charge in [-0.25, -0.2) is 8.78 Å². The molecule has 1 amide bonds. The van der Waals surface area contributed by atoms with Crippen molar-refractivity contribution in [3.8, 4) is 6.07 Å². The summed E-state index contributed by atoms with van der Waals surface area (Å²) in [5.74, 6) is -3.76. The molecule has 2 aromatic carbocycles. The number of alkyl halides is 2. The molecule has 1 aliphatic carbocycles. The lowest BCUT2D eigenvalue weighted by atomic mass is 9.83. The SMILES string of the molecule is Cn1ncc2cccc(C3CCN(CC4CCC(n5cc6cc(NC(=O)c7cncc(C#N)c7)c(C(C)(C)O)cc6n5)CC4)CC3(F)F)c21. The highest BCUT2D eigenvalue weighted by Crippen LogP contribution is 2.43. The number of aryl methyl sites for hydroxylation is 1. The minimum Gasteiger partial charge on any atom is -0.386 e. The monoisotopic (exact) mass is 666 g/mol. The topological polar surface area (TPSA) is 125 Å². The summed E-state index contributed by atoms with van der Waals surface area (Å²) in [4.78, 5) is 19.0. The third kappa shape index (κ3) is 6.53. The molecule has 1 saturated heterocycles. The van der Waals surface area contributed by atoms with Crippen LogP contribution in [0, 0.1) is 17.2 Å². The largest absolute Gasteiger partial charge is 0.386 e. The van der Waals surface area contributed by atoms with Crippen LogP contribution in [0.3, 0.4) is 0 Å². The second kappa shape index (κ2) is 12.6. The highest BCUT2D eigenvalue weighted by atomic mass is 19.3. The number of aromatic nitrogens is 5. The van der Waals surface area contributed by atoms with Gasteiger partial charge in [0.05, 0.1) is 52.5 Å². The molecule has 0 spiro atoms. The van der Waals surface area contributed by atoms with E-state index in [2.05, 4.69) is 15.4 Å². The summed E-state index contributed by atoms with van der Waals surface area (Å²) < 4.78 is 35.1. The van der Waals surface area contributed by atoms with Gasteiger partial charge in [0, 0.05) is 54.2 Å². The third-order valence-electron chi connectivity index (χ3n) is 10.3. The zero-order chi connectivity index (χ0) is 34.5. The molecule has 2 fully saturated rings. The van der Waals surface area contributed by atoms with Crippen molar-refractivity contribution in [2.45, 2.75) is 69.4 Å². The molecular weight excluding hydrogens is 626 g/mol. The van der Waals surface area contributed by atoms with Gasteiger partial charge in [0.2, 0.25) is 0 Å². The second-order valence-electron chi connectivity index (χ2n) is 14.2. The first-order valence-corrected chi connectivity index (χ1v) is 16.8. The fourth-order valence-electron chi connectivity index (χ4n) is 7.76. The van der Waals surface area contributed by atoms with Crippen LogP contribution in [-0.2, 0) is 12.6 Å². The van der Waals surface area contributed by atoms with Crippen LogP contribution in [0.5, 0.6) is 0 Å². The van der Waals surface area contributed by atoms with Crippen LogP contribution < -0.4 is 5.32 Å². The van der Waals surface area contributed by atoms with Gasteiger partial charge in [0.25, 0.3) is 11.8 Å². The summed E-state index contributed by atoms with van der Waals surface area (Å²) in [6.45, 7) is 4.37. The van der Waals surface area contributed by atoms with E-state index in [1.807, 2.05) is 53.2 Å². The molecule has 5 aromatic rings. The number of hydrogen-bond donors (Lipinski definition) is 2. The van der Waals surface area contributed by atoms with E-state index in [9.17, 15) is 15.2 Å². The number of nitriles is 1. The highest BCUT2D eigenvalue weighted by Gasteiger charge is 2.46. The fourth-order valence-corrected chi connectivity index (χ4v) is 7.76. The van der Waals surface area contributed by atoms with Crippen molar-refractivity contribution < 1.29 is 18.7 Å². The molecular formula is C37H40F2N8O2. The molecule has 1 atom stereocenters. The molecule has 1 unspecified atom stereocenters. The van der Waals surface area contributed by atoms with Gasteiger partial charge in [-0.15, -0.1) is 0 Å². The number of halogens is 2. The minimum absolute atomic E-state index is 0.165. The van der Waals surface area contributed by atoms with Crippen molar-refractivity contribution in [3.05, 3.63) is 83.4 Å².